The topological polar surface area (TPSA) is 71.1 Å². The highest BCUT2D eigenvalue weighted by molar-refractivity contribution is 5.65. The second kappa shape index (κ2) is 2.87. The zero-order valence-electron chi connectivity index (χ0n) is 6.95. The number of benzene rings is 1. The summed E-state index contributed by atoms with van der Waals surface area (Å²) >= 11 is 0. The largest absolute Gasteiger partial charge is 0.488 e. The van der Waals surface area contributed by atoms with Gasteiger partial charge in [0.15, 0.2) is 0 Å². The van der Waals surface area contributed by atoms with Crippen LogP contribution in [0.4, 0.5) is 11.4 Å². The van der Waals surface area contributed by atoms with Gasteiger partial charge in [-0.2, -0.15) is 5.26 Å². The van der Waals surface area contributed by atoms with Crippen LogP contribution in [-0.4, -0.2) is 12.6 Å². The minimum atomic E-state index is -0.283. The fourth-order valence-electron chi connectivity index (χ4n) is 1.26. The lowest BCUT2D eigenvalue weighted by atomic mass is 10.2. The maximum Gasteiger partial charge on any atom is 0.149 e. The first kappa shape index (κ1) is 7.74. The average molecular weight is 175 g/mol. The molecule has 3 N–H and O–H groups in total. The first-order chi connectivity index (χ1) is 6.29. The summed E-state index contributed by atoms with van der Waals surface area (Å²) in [6, 6.07) is 7.13. The number of nitrogens with one attached hydrogen (secondary N) is 1. The van der Waals surface area contributed by atoms with Crippen molar-refractivity contribution in [1.29, 1.82) is 5.26 Å². The molecule has 0 saturated carbocycles. The van der Waals surface area contributed by atoms with Gasteiger partial charge in [-0.1, -0.05) is 0 Å². The number of nitriles is 1. The fraction of sp³-hybridized carbons (Fsp3) is 0.222. The molecule has 13 heavy (non-hydrogen) atoms. The lowest BCUT2D eigenvalue weighted by Crippen LogP contribution is -2.29. The summed E-state index contributed by atoms with van der Waals surface area (Å²) in [5.41, 5.74) is 7.04. The minimum absolute atomic E-state index is 0.283. The normalized spacial score (nSPS) is 19.2. The highest BCUT2D eigenvalue weighted by Gasteiger charge is 2.17. The standard InChI is InChI=1S/C9H9N3O/c10-4-7-5-13-9-2-1-6(11)3-8(9)12-7/h1-3,7,12H,5,11H2. The zero-order chi connectivity index (χ0) is 9.26. The van der Waals surface area contributed by atoms with Crippen molar-refractivity contribution in [2.45, 2.75) is 6.04 Å². The molecule has 0 bridgehead atoms. The first-order valence-electron chi connectivity index (χ1n) is 3.98. The monoisotopic (exact) mass is 175 g/mol. The van der Waals surface area contributed by atoms with Crippen LogP contribution in [0.25, 0.3) is 0 Å². The van der Waals surface area contributed by atoms with Crippen molar-refractivity contribution in [3.05, 3.63) is 18.2 Å². The van der Waals surface area contributed by atoms with Gasteiger partial charge in [0.05, 0.1) is 11.8 Å². The van der Waals surface area contributed by atoms with Crippen LogP contribution in [0.15, 0.2) is 18.2 Å². The Labute approximate surface area is 75.9 Å². The summed E-state index contributed by atoms with van der Waals surface area (Å²) in [5.74, 6) is 0.751. The van der Waals surface area contributed by atoms with Crippen LogP contribution < -0.4 is 15.8 Å². The number of nitrogen functional groups attached to an aromatic ring is 1. The Hall–Kier alpha value is -1.89. The third-order valence-electron chi connectivity index (χ3n) is 1.89. The Kier molecular flexibility index (Phi) is 1.71. The number of anilines is 2. The van der Waals surface area contributed by atoms with E-state index < -0.39 is 0 Å². The molecule has 0 fully saturated rings. The van der Waals surface area contributed by atoms with Crippen molar-refractivity contribution in [2.24, 2.45) is 0 Å². The first-order valence-corrected chi connectivity index (χ1v) is 3.98. The molecule has 0 radical (unpaired) electrons. The number of ether oxygens (including phenoxy) is 1. The van der Waals surface area contributed by atoms with Gasteiger partial charge in [-0.05, 0) is 18.2 Å². The summed E-state index contributed by atoms with van der Waals surface area (Å²) in [6.07, 6.45) is 0. The molecular formula is C9H9N3O. The molecule has 1 atom stereocenters. The van der Waals surface area contributed by atoms with Gasteiger partial charge in [-0.15, -0.1) is 0 Å². The zero-order valence-corrected chi connectivity index (χ0v) is 6.95. The number of hydrogen-bond acceptors (Lipinski definition) is 4. The van der Waals surface area contributed by atoms with Crippen molar-refractivity contribution in [3.8, 4) is 11.8 Å². The van der Waals surface area contributed by atoms with Crippen molar-refractivity contribution >= 4 is 11.4 Å². The summed E-state index contributed by atoms with van der Waals surface area (Å²) < 4.78 is 5.34. The number of rotatable bonds is 0. The number of nitrogens with zero attached hydrogens (tertiary/aromatic N) is 1. The Bertz CT molecular complexity index is 370. The van der Waals surface area contributed by atoms with Crippen LogP contribution in [-0.2, 0) is 0 Å². The summed E-state index contributed by atoms with van der Waals surface area (Å²) in [7, 11) is 0. The summed E-state index contributed by atoms with van der Waals surface area (Å²) in [5, 5.41) is 11.7. The van der Waals surface area contributed by atoms with Crippen LogP contribution in [0.2, 0.25) is 0 Å². The number of hydrogen-bond donors (Lipinski definition) is 2. The van der Waals surface area contributed by atoms with E-state index >= 15 is 0 Å². The molecule has 0 aromatic heterocycles. The van der Waals surface area contributed by atoms with Crippen LogP contribution >= 0.6 is 0 Å². The molecule has 0 spiro atoms. The molecule has 4 nitrogen and oxygen atoms in total. The Morgan fingerprint density at radius 3 is 3.23 bits per heavy atom. The third-order valence-corrected chi connectivity index (χ3v) is 1.89. The van der Waals surface area contributed by atoms with E-state index in [9.17, 15) is 0 Å². The molecular weight excluding hydrogens is 166 g/mol. The maximum absolute atomic E-state index is 8.66. The van der Waals surface area contributed by atoms with E-state index in [0.717, 1.165) is 11.4 Å². The molecule has 1 aromatic rings. The second-order valence-corrected chi connectivity index (χ2v) is 2.89. The third kappa shape index (κ3) is 1.36. The molecule has 2 rings (SSSR count). The highest BCUT2D eigenvalue weighted by atomic mass is 16.5. The van der Waals surface area contributed by atoms with Crippen LogP contribution in [0.1, 0.15) is 0 Å². The molecule has 1 aliphatic rings. The van der Waals surface area contributed by atoms with Crippen molar-refractivity contribution in [2.75, 3.05) is 17.7 Å². The highest BCUT2D eigenvalue weighted by Crippen LogP contribution is 2.30. The lowest BCUT2D eigenvalue weighted by Gasteiger charge is -2.23. The lowest BCUT2D eigenvalue weighted by molar-refractivity contribution is 0.304. The molecule has 0 amide bonds. The Morgan fingerprint density at radius 1 is 1.62 bits per heavy atom. The van der Waals surface area contributed by atoms with Crippen LogP contribution in [0.5, 0.6) is 5.75 Å². The molecule has 1 unspecified atom stereocenters. The van der Waals surface area contributed by atoms with Gasteiger partial charge in [0.1, 0.15) is 18.4 Å². The summed E-state index contributed by atoms with van der Waals surface area (Å²) in [6.45, 7) is 0.382. The van der Waals surface area contributed by atoms with E-state index in [0.29, 0.717) is 12.3 Å². The Balaban J connectivity index is 2.34. The van der Waals surface area contributed by atoms with Crippen LogP contribution in [0, 0.1) is 11.3 Å². The molecule has 1 aliphatic heterocycles. The van der Waals surface area contributed by atoms with Crippen LogP contribution in [0.3, 0.4) is 0 Å². The molecule has 1 aromatic carbocycles. The average Bonchev–Trinajstić information content (AvgIpc) is 2.16. The minimum Gasteiger partial charge on any atom is -0.488 e. The predicted molar refractivity (Wildman–Crippen MR) is 49.4 cm³/mol. The van der Waals surface area contributed by atoms with E-state index in [2.05, 4.69) is 11.4 Å². The smallest absolute Gasteiger partial charge is 0.149 e. The van der Waals surface area contributed by atoms with Gasteiger partial charge in [0, 0.05) is 5.69 Å². The van der Waals surface area contributed by atoms with Gasteiger partial charge < -0.3 is 15.8 Å². The van der Waals surface area contributed by atoms with E-state index in [-0.39, 0.29) is 6.04 Å². The maximum atomic E-state index is 8.66. The number of fused-ring (bicyclic) bond motifs is 1. The number of nitrogens with two attached hydrogens (primary N) is 1. The SMILES string of the molecule is N#CC1COc2ccc(N)cc2N1. The molecule has 4 heteroatoms. The van der Waals surface area contributed by atoms with Crippen molar-refractivity contribution < 1.29 is 4.74 Å². The Morgan fingerprint density at radius 2 is 2.46 bits per heavy atom. The summed E-state index contributed by atoms with van der Waals surface area (Å²) in [4.78, 5) is 0. The van der Waals surface area contributed by atoms with Gasteiger partial charge in [0.25, 0.3) is 0 Å². The quantitative estimate of drug-likeness (QED) is 0.576. The van der Waals surface area contributed by atoms with Gasteiger partial charge in [-0.25, -0.2) is 0 Å². The van der Waals surface area contributed by atoms with E-state index in [1.54, 1.807) is 18.2 Å². The molecule has 66 valence electrons. The van der Waals surface area contributed by atoms with Gasteiger partial charge in [-0.3, -0.25) is 0 Å². The van der Waals surface area contributed by atoms with Crippen molar-refractivity contribution in [1.82, 2.24) is 0 Å². The van der Waals surface area contributed by atoms with Crippen molar-refractivity contribution in [3.63, 3.8) is 0 Å². The molecule has 0 saturated heterocycles. The van der Waals surface area contributed by atoms with E-state index in [1.807, 2.05) is 0 Å². The predicted octanol–water partition coefficient (Wildman–Crippen LogP) is 0.965. The van der Waals surface area contributed by atoms with E-state index in [1.165, 1.54) is 0 Å². The second-order valence-electron chi connectivity index (χ2n) is 2.89. The van der Waals surface area contributed by atoms with E-state index in [4.69, 9.17) is 15.7 Å². The van der Waals surface area contributed by atoms with Gasteiger partial charge >= 0.3 is 0 Å². The molecule has 1 heterocycles. The fourth-order valence-corrected chi connectivity index (χ4v) is 1.26. The molecule has 0 aliphatic carbocycles. The van der Waals surface area contributed by atoms with Gasteiger partial charge in [0.2, 0.25) is 0 Å².